The number of phenols is 1. The molecule has 0 aliphatic heterocycles. The average Bonchev–Trinajstić information content (AvgIpc) is 3.85. The van der Waals surface area contributed by atoms with Crippen molar-refractivity contribution in [1.29, 1.82) is 0 Å². The zero-order chi connectivity index (χ0) is 34.3. The van der Waals surface area contributed by atoms with Gasteiger partial charge in [0, 0.05) is 38.3 Å². The molecule has 0 amide bonds. The third kappa shape index (κ3) is 4.21. The van der Waals surface area contributed by atoms with Crippen molar-refractivity contribution in [3.63, 3.8) is 0 Å². The number of hydrogen-bond acceptors (Lipinski definition) is 2. The molecule has 52 heavy (non-hydrogen) atoms. The van der Waals surface area contributed by atoms with E-state index in [2.05, 4.69) is 161 Å². The van der Waals surface area contributed by atoms with Crippen molar-refractivity contribution >= 4 is 65.6 Å². The predicted molar refractivity (Wildman–Crippen MR) is 215 cm³/mol. The van der Waals surface area contributed by atoms with Crippen molar-refractivity contribution in [1.82, 2.24) is 9.13 Å². The maximum atomic E-state index is 10.7. The number of fused-ring (bicyclic) bond motifs is 9. The SMILES string of the molecule is Oc1cccc2oc3ccc(-c4ccc5c(c4)c4cc(-c6ccc7c(c6)c6ccccc6n7-c6ccccc6)ccc4n5-c4ccccc4)cc3c12. The fourth-order valence-electron chi connectivity index (χ4n) is 8.23. The summed E-state index contributed by atoms with van der Waals surface area (Å²) in [5, 5.41) is 17.2. The normalized spacial score (nSPS) is 11.9. The second-order valence-corrected chi connectivity index (χ2v) is 13.5. The molecule has 0 aliphatic rings. The maximum absolute atomic E-state index is 10.7. The van der Waals surface area contributed by atoms with Crippen LogP contribution in [0.4, 0.5) is 0 Å². The van der Waals surface area contributed by atoms with Gasteiger partial charge in [0.2, 0.25) is 0 Å². The summed E-state index contributed by atoms with van der Waals surface area (Å²) >= 11 is 0. The fourth-order valence-corrected chi connectivity index (χ4v) is 8.23. The van der Waals surface area contributed by atoms with E-state index in [1.807, 2.05) is 18.2 Å². The van der Waals surface area contributed by atoms with E-state index < -0.39 is 0 Å². The quantitative estimate of drug-likeness (QED) is 0.203. The first-order valence-electron chi connectivity index (χ1n) is 17.6. The summed E-state index contributed by atoms with van der Waals surface area (Å²) in [6, 6.07) is 62.0. The molecule has 3 heterocycles. The third-order valence-electron chi connectivity index (χ3n) is 10.6. The van der Waals surface area contributed by atoms with Gasteiger partial charge in [0.05, 0.1) is 27.5 Å². The van der Waals surface area contributed by atoms with Gasteiger partial charge in [-0.05, 0) is 113 Å². The van der Waals surface area contributed by atoms with Crippen LogP contribution in [-0.2, 0) is 0 Å². The number of furan rings is 1. The van der Waals surface area contributed by atoms with Gasteiger partial charge in [-0.3, -0.25) is 0 Å². The predicted octanol–water partition coefficient (Wildman–Crippen LogP) is 12.8. The summed E-state index contributed by atoms with van der Waals surface area (Å²) < 4.78 is 10.8. The highest BCUT2D eigenvalue weighted by Crippen LogP contribution is 2.41. The molecular formula is C48H30N2O2. The zero-order valence-corrected chi connectivity index (χ0v) is 28.0. The lowest BCUT2D eigenvalue weighted by Gasteiger charge is -2.09. The molecule has 0 aliphatic carbocycles. The molecular weight excluding hydrogens is 637 g/mol. The molecule has 0 spiro atoms. The molecule has 3 aromatic heterocycles. The van der Waals surface area contributed by atoms with E-state index in [0.717, 1.165) is 49.9 Å². The van der Waals surface area contributed by atoms with Crippen molar-refractivity contribution < 1.29 is 9.52 Å². The molecule has 4 nitrogen and oxygen atoms in total. The summed E-state index contributed by atoms with van der Waals surface area (Å²) in [7, 11) is 0. The molecule has 0 fully saturated rings. The Morgan fingerprint density at radius 3 is 1.38 bits per heavy atom. The summed E-state index contributed by atoms with van der Waals surface area (Å²) in [5.74, 6) is 0.227. The van der Waals surface area contributed by atoms with Gasteiger partial charge in [0.1, 0.15) is 16.9 Å². The lowest BCUT2D eigenvalue weighted by atomic mass is 9.98. The van der Waals surface area contributed by atoms with Crippen molar-refractivity contribution in [2.24, 2.45) is 0 Å². The van der Waals surface area contributed by atoms with Crippen LogP contribution in [0.3, 0.4) is 0 Å². The lowest BCUT2D eigenvalue weighted by Crippen LogP contribution is -1.93. The molecule has 1 N–H and O–H groups in total. The second kappa shape index (κ2) is 11.0. The lowest BCUT2D eigenvalue weighted by molar-refractivity contribution is 0.481. The number of aromatic nitrogens is 2. The Balaban J connectivity index is 1.12. The van der Waals surface area contributed by atoms with E-state index in [9.17, 15) is 5.11 Å². The number of rotatable bonds is 4. The highest BCUT2D eigenvalue weighted by Gasteiger charge is 2.18. The molecule has 8 aromatic carbocycles. The minimum atomic E-state index is 0.227. The van der Waals surface area contributed by atoms with Gasteiger partial charge >= 0.3 is 0 Å². The van der Waals surface area contributed by atoms with Gasteiger partial charge in [-0.15, -0.1) is 0 Å². The van der Waals surface area contributed by atoms with E-state index in [1.54, 1.807) is 6.07 Å². The van der Waals surface area contributed by atoms with Crippen molar-refractivity contribution in [3.05, 3.63) is 176 Å². The molecule has 4 heteroatoms. The minimum Gasteiger partial charge on any atom is -0.507 e. The van der Waals surface area contributed by atoms with Crippen LogP contribution in [-0.4, -0.2) is 14.2 Å². The van der Waals surface area contributed by atoms with Gasteiger partial charge in [0.25, 0.3) is 0 Å². The Morgan fingerprint density at radius 2 is 0.808 bits per heavy atom. The van der Waals surface area contributed by atoms with Gasteiger partial charge in [-0.2, -0.15) is 0 Å². The van der Waals surface area contributed by atoms with Crippen molar-refractivity contribution in [2.75, 3.05) is 0 Å². The van der Waals surface area contributed by atoms with Crippen molar-refractivity contribution in [3.8, 4) is 39.4 Å². The second-order valence-electron chi connectivity index (χ2n) is 13.5. The van der Waals surface area contributed by atoms with Crippen LogP contribution in [0.5, 0.6) is 5.75 Å². The van der Waals surface area contributed by atoms with Gasteiger partial charge < -0.3 is 18.7 Å². The summed E-state index contributed by atoms with van der Waals surface area (Å²) in [4.78, 5) is 0. The van der Waals surface area contributed by atoms with Crippen LogP contribution >= 0.6 is 0 Å². The zero-order valence-electron chi connectivity index (χ0n) is 28.0. The number of para-hydroxylation sites is 3. The number of hydrogen-bond donors (Lipinski definition) is 1. The van der Waals surface area contributed by atoms with E-state index >= 15 is 0 Å². The minimum absolute atomic E-state index is 0.227. The van der Waals surface area contributed by atoms with Crippen LogP contribution in [0.25, 0.3) is 99.2 Å². The van der Waals surface area contributed by atoms with Gasteiger partial charge in [0.15, 0.2) is 0 Å². The maximum Gasteiger partial charge on any atom is 0.139 e. The van der Waals surface area contributed by atoms with Crippen LogP contribution in [0.2, 0.25) is 0 Å². The van der Waals surface area contributed by atoms with Crippen molar-refractivity contribution in [2.45, 2.75) is 0 Å². The monoisotopic (exact) mass is 666 g/mol. The molecule has 11 aromatic rings. The Hall–Kier alpha value is -7.04. The first-order chi connectivity index (χ1) is 25.7. The number of nitrogens with zero attached hydrogens (tertiary/aromatic N) is 2. The molecule has 0 saturated carbocycles. The molecule has 11 rings (SSSR count). The molecule has 244 valence electrons. The van der Waals surface area contributed by atoms with E-state index in [-0.39, 0.29) is 5.75 Å². The number of phenolic OH excluding ortho intramolecular Hbond substituents is 1. The highest BCUT2D eigenvalue weighted by molar-refractivity contribution is 6.14. The third-order valence-corrected chi connectivity index (χ3v) is 10.6. The number of benzene rings is 8. The Labute approximate surface area is 298 Å². The smallest absolute Gasteiger partial charge is 0.139 e. The Morgan fingerprint density at radius 1 is 0.346 bits per heavy atom. The van der Waals surface area contributed by atoms with E-state index in [0.29, 0.717) is 5.58 Å². The van der Waals surface area contributed by atoms with Crippen LogP contribution in [0, 0.1) is 0 Å². The molecule has 0 radical (unpaired) electrons. The van der Waals surface area contributed by atoms with Gasteiger partial charge in [-0.25, -0.2) is 0 Å². The highest BCUT2D eigenvalue weighted by atomic mass is 16.3. The van der Waals surface area contributed by atoms with Crippen LogP contribution < -0.4 is 0 Å². The summed E-state index contributed by atoms with van der Waals surface area (Å²) in [6.45, 7) is 0. The first-order valence-corrected chi connectivity index (χ1v) is 17.6. The standard InChI is InChI=1S/C48H30N2O2/c51-45-16-9-17-47-48(45)40-29-33(21-25-46(40)52-47)32-20-24-44-39(28-32)38-27-31(19-23-43(38)50(44)35-12-5-2-6-13-35)30-18-22-42-37(26-30)36-14-7-8-15-41(36)49(42)34-10-3-1-4-11-34/h1-29,51H. The van der Waals surface area contributed by atoms with Crippen LogP contribution in [0.15, 0.2) is 180 Å². The Bertz CT molecular complexity index is 3180. The van der Waals surface area contributed by atoms with Gasteiger partial charge in [-0.1, -0.05) is 84.9 Å². The topological polar surface area (TPSA) is 43.2 Å². The molecule has 0 unspecified atom stereocenters. The average molecular weight is 667 g/mol. The molecule has 0 bridgehead atoms. The molecule has 0 atom stereocenters. The molecule has 0 saturated heterocycles. The van der Waals surface area contributed by atoms with E-state index in [1.165, 1.54) is 43.7 Å². The Kier molecular flexibility index (Phi) is 6.07. The first kappa shape index (κ1) is 28.8. The van der Waals surface area contributed by atoms with Crippen LogP contribution in [0.1, 0.15) is 0 Å². The fraction of sp³-hybridized carbons (Fsp3) is 0. The van der Waals surface area contributed by atoms with E-state index in [4.69, 9.17) is 4.42 Å². The summed E-state index contributed by atoms with van der Waals surface area (Å²) in [6.07, 6.45) is 0. The number of aromatic hydroxyl groups is 1. The largest absolute Gasteiger partial charge is 0.507 e. The summed E-state index contributed by atoms with van der Waals surface area (Å²) in [5.41, 5.74) is 12.9.